The summed E-state index contributed by atoms with van der Waals surface area (Å²) in [5, 5.41) is 0. The number of esters is 2. The Hall–Kier alpha value is -2.60. The minimum Gasteiger partial charge on any atom is -0.494 e. The quantitative estimate of drug-likeness (QED) is 0.333. The molecule has 6 heteroatoms. The molecule has 0 fully saturated rings. The molecule has 164 valence electrons. The molecule has 1 aromatic carbocycles. The number of carbonyl (C=O) groups excluding carboxylic acids is 2. The Kier molecular flexibility index (Phi) is 10.7. The molecular weight excluding hydrogens is 384 g/mol. The van der Waals surface area contributed by atoms with Gasteiger partial charge >= 0.3 is 11.9 Å². The van der Waals surface area contributed by atoms with Crippen LogP contribution in [0.4, 0.5) is 0 Å². The number of unbranched alkanes of at least 4 members (excludes halogenated alkanes) is 4. The predicted octanol–water partition coefficient (Wildman–Crippen LogP) is 4.99. The van der Waals surface area contributed by atoms with Crippen LogP contribution in [0.2, 0.25) is 0 Å². The van der Waals surface area contributed by atoms with Crippen molar-refractivity contribution in [3.8, 4) is 5.75 Å². The molecule has 0 radical (unpaired) electrons. The van der Waals surface area contributed by atoms with Crippen LogP contribution in [-0.2, 0) is 19.0 Å². The highest BCUT2D eigenvalue weighted by Gasteiger charge is 2.18. The first-order valence-corrected chi connectivity index (χ1v) is 10.6. The lowest BCUT2D eigenvalue weighted by Crippen LogP contribution is -2.14. The summed E-state index contributed by atoms with van der Waals surface area (Å²) in [6.45, 7) is 3.46. The summed E-state index contributed by atoms with van der Waals surface area (Å²) in [6.07, 6.45) is 10.2. The highest BCUT2D eigenvalue weighted by molar-refractivity contribution is 5.91. The molecule has 0 N–H and O–H groups in total. The largest absolute Gasteiger partial charge is 0.494 e. The van der Waals surface area contributed by atoms with E-state index in [1.54, 1.807) is 43.5 Å². The second-order valence-electron chi connectivity index (χ2n) is 7.13. The van der Waals surface area contributed by atoms with Crippen LogP contribution in [0.1, 0.15) is 62.2 Å². The Morgan fingerprint density at radius 2 is 1.63 bits per heavy atom. The lowest BCUT2D eigenvalue weighted by molar-refractivity contribution is -0.140. The van der Waals surface area contributed by atoms with E-state index < -0.39 is 5.97 Å². The van der Waals surface area contributed by atoms with Crippen LogP contribution in [0.3, 0.4) is 0 Å². The van der Waals surface area contributed by atoms with Crippen LogP contribution in [0, 0.1) is 0 Å². The maximum absolute atomic E-state index is 12.3. The third-order valence-corrected chi connectivity index (χ3v) is 4.72. The van der Waals surface area contributed by atoms with E-state index in [2.05, 4.69) is 6.92 Å². The highest BCUT2D eigenvalue weighted by Crippen LogP contribution is 2.22. The summed E-state index contributed by atoms with van der Waals surface area (Å²) in [6, 6.07) is 6.97. The molecule has 1 aliphatic carbocycles. The third-order valence-electron chi connectivity index (χ3n) is 4.72. The molecule has 0 spiro atoms. The van der Waals surface area contributed by atoms with Gasteiger partial charge in [-0.05, 0) is 49.3 Å². The van der Waals surface area contributed by atoms with Gasteiger partial charge < -0.3 is 18.9 Å². The molecule has 0 saturated carbocycles. The van der Waals surface area contributed by atoms with Gasteiger partial charge in [0.05, 0.1) is 18.8 Å². The standard InChI is InChI=1S/C24H32O6/c1-3-4-5-6-7-16-28-21-12-8-20(9-13-21)24(26)30-22-14-10-19(11-15-22)23(25)29-18-17-27-2/h8-10,12-14H,3-7,11,15-18H2,1-2H3. The van der Waals surface area contributed by atoms with Crippen molar-refractivity contribution in [2.75, 3.05) is 26.9 Å². The van der Waals surface area contributed by atoms with Crippen LogP contribution in [-0.4, -0.2) is 38.9 Å². The minimum absolute atomic E-state index is 0.219. The zero-order valence-corrected chi connectivity index (χ0v) is 18.0. The zero-order chi connectivity index (χ0) is 21.6. The smallest absolute Gasteiger partial charge is 0.343 e. The number of carbonyl (C=O) groups is 2. The molecular formula is C24H32O6. The Balaban J connectivity index is 1.77. The van der Waals surface area contributed by atoms with E-state index >= 15 is 0 Å². The van der Waals surface area contributed by atoms with Gasteiger partial charge in [-0.2, -0.15) is 0 Å². The molecule has 0 saturated heterocycles. The van der Waals surface area contributed by atoms with E-state index in [1.165, 1.54) is 25.7 Å². The first-order chi connectivity index (χ1) is 14.6. The van der Waals surface area contributed by atoms with E-state index in [1.807, 2.05) is 0 Å². The summed E-state index contributed by atoms with van der Waals surface area (Å²) in [4.78, 5) is 24.2. The van der Waals surface area contributed by atoms with E-state index in [0.717, 1.165) is 12.2 Å². The Labute approximate surface area is 178 Å². The molecule has 0 amide bonds. The third kappa shape index (κ3) is 8.41. The summed E-state index contributed by atoms with van der Waals surface area (Å²) < 4.78 is 21.1. The van der Waals surface area contributed by atoms with Gasteiger partial charge in [0, 0.05) is 19.1 Å². The fraction of sp³-hybridized carbons (Fsp3) is 0.500. The summed E-state index contributed by atoms with van der Waals surface area (Å²) >= 11 is 0. The van der Waals surface area contributed by atoms with Gasteiger partial charge in [0.25, 0.3) is 0 Å². The molecule has 2 rings (SSSR count). The van der Waals surface area contributed by atoms with Crippen molar-refractivity contribution < 1.29 is 28.5 Å². The molecule has 30 heavy (non-hydrogen) atoms. The average molecular weight is 417 g/mol. The Bertz CT molecular complexity index is 733. The maximum Gasteiger partial charge on any atom is 0.343 e. The van der Waals surface area contributed by atoms with Gasteiger partial charge in [0.2, 0.25) is 0 Å². The second kappa shape index (κ2) is 13.6. The first-order valence-electron chi connectivity index (χ1n) is 10.6. The number of ether oxygens (including phenoxy) is 4. The molecule has 1 aliphatic rings. The monoisotopic (exact) mass is 416 g/mol. The fourth-order valence-electron chi connectivity index (χ4n) is 2.94. The van der Waals surface area contributed by atoms with Crippen LogP contribution in [0.25, 0.3) is 0 Å². The SMILES string of the molecule is CCCCCCCOc1ccc(C(=O)OC2=CC=C(C(=O)OCCOC)CC2)cc1. The van der Waals surface area contributed by atoms with Crippen LogP contribution >= 0.6 is 0 Å². The number of hydrogen-bond donors (Lipinski definition) is 0. The lowest BCUT2D eigenvalue weighted by atomic mass is 10.0. The van der Waals surface area contributed by atoms with Crippen molar-refractivity contribution in [3.05, 3.63) is 53.3 Å². The number of rotatable bonds is 13. The Morgan fingerprint density at radius 3 is 2.30 bits per heavy atom. The molecule has 1 aromatic rings. The molecule has 0 heterocycles. The number of methoxy groups -OCH3 is 1. The fourth-order valence-corrected chi connectivity index (χ4v) is 2.94. The maximum atomic E-state index is 12.3. The van der Waals surface area contributed by atoms with Gasteiger partial charge in [0.15, 0.2) is 0 Å². The first kappa shape index (κ1) is 23.7. The van der Waals surface area contributed by atoms with E-state index in [4.69, 9.17) is 18.9 Å². The predicted molar refractivity (Wildman–Crippen MR) is 114 cm³/mol. The summed E-state index contributed by atoms with van der Waals surface area (Å²) in [5.74, 6) is 0.487. The molecule has 0 aliphatic heterocycles. The molecule has 0 aromatic heterocycles. The van der Waals surface area contributed by atoms with Crippen molar-refractivity contribution in [3.63, 3.8) is 0 Å². The van der Waals surface area contributed by atoms with Crippen molar-refractivity contribution in [2.45, 2.75) is 51.9 Å². The number of hydrogen-bond acceptors (Lipinski definition) is 6. The van der Waals surface area contributed by atoms with Gasteiger partial charge in [-0.25, -0.2) is 9.59 Å². The molecule has 0 atom stereocenters. The van der Waals surface area contributed by atoms with Gasteiger partial charge in [-0.15, -0.1) is 0 Å². The summed E-state index contributed by atoms with van der Waals surface area (Å²) in [7, 11) is 1.55. The topological polar surface area (TPSA) is 71.1 Å². The number of benzene rings is 1. The van der Waals surface area contributed by atoms with Crippen molar-refractivity contribution >= 4 is 11.9 Å². The van der Waals surface area contributed by atoms with Gasteiger partial charge in [0.1, 0.15) is 18.1 Å². The normalized spacial score (nSPS) is 13.3. The van der Waals surface area contributed by atoms with E-state index in [9.17, 15) is 9.59 Å². The minimum atomic E-state index is -0.424. The van der Waals surface area contributed by atoms with E-state index in [0.29, 0.717) is 43.0 Å². The molecule has 0 unspecified atom stereocenters. The van der Waals surface area contributed by atoms with Gasteiger partial charge in [-0.3, -0.25) is 0 Å². The van der Waals surface area contributed by atoms with Gasteiger partial charge in [-0.1, -0.05) is 32.6 Å². The van der Waals surface area contributed by atoms with E-state index in [-0.39, 0.29) is 12.6 Å². The van der Waals surface area contributed by atoms with Crippen molar-refractivity contribution in [2.24, 2.45) is 0 Å². The zero-order valence-electron chi connectivity index (χ0n) is 18.0. The average Bonchev–Trinajstić information content (AvgIpc) is 2.77. The van der Waals surface area contributed by atoms with Crippen LogP contribution in [0.5, 0.6) is 5.75 Å². The second-order valence-corrected chi connectivity index (χ2v) is 7.13. The molecule has 0 bridgehead atoms. The highest BCUT2D eigenvalue weighted by atomic mass is 16.6. The number of allylic oxidation sites excluding steroid dienone is 3. The summed E-state index contributed by atoms with van der Waals surface area (Å²) in [5.41, 5.74) is 1.02. The van der Waals surface area contributed by atoms with Crippen LogP contribution in [0.15, 0.2) is 47.7 Å². The van der Waals surface area contributed by atoms with Crippen molar-refractivity contribution in [1.29, 1.82) is 0 Å². The van der Waals surface area contributed by atoms with Crippen LogP contribution < -0.4 is 4.74 Å². The lowest BCUT2D eigenvalue weighted by Gasteiger charge is -2.14. The Morgan fingerprint density at radius 1 is 0.867 bits per heavy atom. The molecule has 6 nitrogen and oxygen atoms in total. The van der Waals surface area contributed by atoms with Crippen molar-refractivity contribution in [1.82, 2.24) is 0 Å².